The first-order valence-corrected chi connectivity index (χ1v) is 3.99. The molecule has 0 radical (unpaired) electrons. The predicted octanol–water partition coefficient (Wildman–Crippen LogP) is 0.642. The molecule has 1 atom stereocenters. The maximum Gasteiger partial charge on any atom is 0.103 e. The quantitative estimate of drug-likeness (QED) is 0.363. The van der Waals surface area contributed by atoms with Crippen LogP contribution in [0.2, 0.25) is 0 Å². The number of halogens is 1. The van der Waals surface area contributed by atoms with Gasteiger partial charge in [-0.15, -0.1) is 18.2 Å². The van der Waals surface area contributed by atoms with Crippen LogP contribution in [0.15, 0.2) is 12.7 Å². The Labute approximate surface area is 66.8 Å². The largest absolute Gasteiger partial charge is 0.314 e. The molecule has 1 N–H and O–H groups in total. The highest BCUT2D eigenvalue weighted by Crippen LogP contribution is 2.05. The molecule has 0 bridgehead atoms. The van der Waals surface area contributed by atoms with Crippen LogP contribution in [0.3, 0.4) is 0 Å². The number of hydrogen-bond donors (Lipinski definition) is 1. The molecule has 10 heavy (non-hydrogen) atoms. The topological polar surface area (TPSA) is 15.3 Å². The highest BCUT2D eigenvalue weighted by molar-refractivity contribution is 6.21. The zero-order valence-corrected chi connectivity index (χ0v) is 6.77. The summed E-state index contributed by atoms with van der Waals surface area (Å²) < 4.78 is 0. The van der Waals surface area contributed by atoms with Crippen LogP contribution in [0.4, 0.5) is 0 Å². The fraction of sp³-hybridized carbons (Fsp3) is 0.714. The minimum absolute atomic E-state index is 0.0158. The summed E-state index contributed by atoms with van der Waals surface area (Å²) in [6, 6.07) is 0. The first-order chi connectivity index (χ1) is 4.84. The molecular weight excluding hydrogens is 148 g/mol. The second-order valence-electron chi connectivity index (χ2n) is 2.39. The maximum atomic E-state index is 5.92. The van der Waals surface area contributed by atoms with Crippen LogP contribution < -0.4 is 5.32 Å². The summed E-state index contributed by atoms with van der Waals surface area (Å²) in [5, 5.41) is 3.26. The molecule has 1 aliphatic heterocycles. The van der Waals surface area contributed by atoms with Gasteiger partial charge < -0.3 is 5.32 Å². The van der Waals surface area contributed by atoms with E-state index in [4.69, 9.17) is 11.6 Å². The van der Waals surface area contributed by atoms with Gasteiger partial charge in [-0.2, -0.15) is 0 Å². The van der Waals surface area contributed by atoms with E-state index >= 15 is 0 Å². The Kier molecular flexibility index (Phi) is 3.19. The molecule has 1 rings (SSSR count). The van der Waals surface area contributed by atoms with Gasteiger partial charge in [-0.05, 0) is 0 Å². The molecule has 58 valence electrons. The molecule has 0 aromatic carbocycles. The molecule has 1 fully saturated rings. The minimum Gasteiger partial charge on any atom is -0.314 e. The first-order valence-electron chi connectivity index (χ1n) is 3.56. The second-order valence-corrected chi connectivity index (χ2v) is 2.84. The summed E-state index contributed by atoms with van der Waals surface area (Å²) in [6.07, 6.45) is 1.77. The van der Waals surface area contributed by atoms with Gasteiger partial charge in [-0.3, -0.25) is 4.90 Å². The van der Waals surface area contributed by atoms with E-state index < -0.39 is 0 Å². The lowest BCUT2D eigenvalue weighted by molar-refractivity contribution is 0.245. The highest BCUT2D eigenvalue weighted by atomic mass is 35.5. The summed E-state index contributed by atoms with van der Waals surface area (Å²) in [5.41, 5.74) is 0.0158. The van der Waals surface area contributed by atoms with Gasteiger partial charge in [0.2, 0.25) is 0 Å². The van der Waals surface area contributed by atoms with Crippen molar-refractivity contribution in [1.29, 1.82) is 0 Å². The van der Waals surface area contributed by atoms with E-state index in [0.29, 0.717) is 0 Å². The Balaban J connectivity index is 2.30. The number of nitrogens with one attached hydrogen (secondary N) is 1. The van der Waals surface area contributed by atoms with Gasteiger partial charge in [-0.25, -0.2) is 0 Å². The zero-order chi connectivity index (χ0) is 7.40. The van der Waals surface area contributed by atoms with Gasteiger partial charge in [0, 0.05) is 26.2 Å². The molecule has 0 aromatic heterocycles. The fourth-order valence-corrected chi connectivity index (χ4v) is 1.27. The first kappa shape index (κ1) is 8.05. The second kappa shape index (κ2) is 3.96. The van der Waals surface area contributed by atoms with Crippen LogP contribution in [0.5, 0.6) is 0 Å². The summed E-state index contributed by atoms with van der Waals surface area (Å²) in [7, 11) is 0. The van der Waals surface area contributed by atoms with Gasteiger partial charge in [0.1, 0.15) is 5.50 Å². The van der Waals surface area contributed by atoms with E-state index in [1.54, 1.807) is 6.08 Å². The van der Waals surface area contributed by atoms with Crippen molar-refractivity contribution in [1.82, 2.24) is 10.2 Å². The third kappa shape index (κ3) is 1.97. The highest BCUT2D eigenvalue weighted by Gasteiger charge is 2.14. The normalized spacial score (nSPS) is 24.1. The van der Waals surface area contributed by atoms with Crippen molar-refractivity contribution in [3.63, 3.8) is 0 Å². The molecule has 0 aliphatic carbocycles. The van der Waals surface area contributed by atoms with Crippen molar-refractivity contribution >= 4 is 11.6 Å². The van der Waals surface area contributed by atoms with Crippen molar-refractivity contribution < 1.29 is 0 Å². The van der Waals surface area contributed by atoms with Crippen LogP contribution >= 0.6 is 11.6 Å². The Bertz CT molecular complexity index is 110. The van der Waals surface area contributed by atoms with Gasteiger partial charge in [0.25, 0.3) is 0 Å². The smallest absolute Gasteiger partial charge is 0.103 e. The lowest BCUT2D eigenvalue weighted by atomic mass is 10.3. The third-order valence-corrected chi connectivity index (χ3v) is 2.15. The van der Waals surface area contributed by atoms with Gasteiger partial charge >= 0.3 is 0 Å². The standard InChI is InChI=1S/C7H13ClN2/c1-2-7(8)10-5-3-9-4-6-10/h2,7,9H,1,3-6H2. The summed E-state index contributed by atoms with van der Waals surface area (Å²) in [4.78, 5) is 2.20. The molecule has 2 nitrogen and oxygen atoms in total. The summed E-state index contributed by atoms with van der Waals surface area (Å²) in [5.74, 6) is 0. The summed E-state index contributed by atoms with van der Waals surface area (Å²) in [6.45, 7) is 7.78. The molecule has 1 unspecified atom stereocenters. The van der Waals surface area contributed by atoms with Crippen LogP contribution in [0.25, 0.3) is 0 Å². The third-order valence-electron chi connectivity index (χ3n) is 1.69. The molecule has 1 heterocycles. The van der Waals surface area contributed by atoms with Crippen molar-refractivity contribution in [3.05, 3.63) is 12.7 Å². The molecule has 0 amide bonds. The SMILES string of the molecule is C=CC(Cl)N1CCNCC1. The maximum absolute atomic E-state index is 5.92. The Hall–Kier alpha value is -0.0500. The van der Waals surface area contributed by atoms with E-state index in [1.807, 2.05) is 0 Å². The van der Waals surface area contributed by atoms with Crippen LogP contribution in [-0.2, 0) is 0 Å². The van der Waals surface area contributed by atoms with E-state index in [0.717, 1.165) is 26.2 Å². The van der Waals surface area contributed by atoms with Gasteiger partial charge in [0.15, 0.2) is 0 Å². The molecule has 0 aromatic rings. The molecule has 3 heteroatoms. The molecular formula is C7H13ClN2. The molecule has 1 aliphatic rings. The van der Waals surface area contributed by atoms with Crippen LogP contribution in [-0.4, -0.2) is 36.6 Å². The minimum atomic E-state index is 0.0158. The van der Waals surface area contributed by atoms with Crippen molar-refractivity contribution in [2.45, 2.75) is 5.50 Å². The van der Waals surface area contributed by atoms with E-state index in [-0.39, 0.29) is 5.50 Å². The monoisotopic (exact) mass is 160 g/mol. The molecule has 1 saturated heterocycles. The van der Waals surface area contributed by atoms with Crippen LogP contribution in [0.1, 0.15) is 0 Å². The van der Waals surface area contributed by atoms with E-state index in [2.05, 4.69) is 16.8 Å². The van der Waals surface area contributed by atoms with Crippen molar-refractivity contribution in [2.75, 3.05) is 26.2 Å². The molecule has 0 spiro atoms. The average Bonchev–Trinajstić information content (AvgIpc) is 2.05. The lowest BCUT2D eigenvalue weighted by Crippen LogP contribution is -2.46. The van der Waals surface area contributed by atoms with Gasteiger partial charge in [-0.1, -0.05) is 6.08 Å². The van der Waals surface area contributed by atoms with Crippen molar-refractivity contribution in [2.24, 2.45) is 0 Å². The Morgan fingerprint density at radius 2 is 2.10 bits per heavy atom. The number of hydrogen-bond acceptors (Lipinski definition) is 2. The van der Waals surface area contributed by atoms with E-state index in [1.165, 1.54) is 0 Å². The number of piperazine rings is 1. The number of nitrogens with zero attached hydrogens (tertiary/aromatic N) is 1. The number of alkyl halides is 1. The molecule has 0 saturated carbocycles. The predicted molar refractivity (Wildman–Crippen MR) is 44.3 cm³/mol. The van der Waals surface area contributed by atoms with Gasteiger partial charge in [0.05, 0.1) is 0 Å². The van der Waals surface area contributed by atoms with Crippen molar-refractivity contribution in [3.8, 4) is 0 Å². The number of rotatable bonds is 2. The van der Waals surface area contributed by atoms with E-state index in [9.17, 15) is 0 Å². The Morgan fingerprint density at radius 3 is 2.60 bits per heavy atom. The van der Waals surface area contributed by atoms with Crippen LogP contribution in [0, 0.1) is 0 Å². The Morgan fingerprint density at radius 1 is 1.50 bits per heavy atom. The lowest BCUT2D eigenvalue weighted by Gasteiger charge is -2.29. The average molecular weight is 161 g/mol. The summed E-state index contributed by atoms with van der Waals surface area (Å²) >= 11 is 5.92. The zero-order valence-electron chi connectivity index (χ0n) is 6.02. The fourth-order valence-electron chi connectivity index (χ4n) is 1.08.